The summed E-state index contributed by atoms with van der Waals surface area (Å²) in [5, 5.41) is 3.08. The normalized spacial score (nSPS) is 13.9. The van der Waals surface area contributed by atoms with Gasteiger partial charge in [-0.3, -0.25) is 4.79 Å². The van der Waals surface area contributed by atoms with Crippen molar-refractivity contribution in [2.45, 2.75) is 38.6 Å². The van der Waals surface area contributed by atoms with Gasteiger partial charge in [-0.15, -0.1) is 0 Å². The first-order valence-corrected chi connectivity index (χ1v) is 9.98. The SMILES string of the molecule is COc1cc(N)c(Cl)cc1C(=O)OCC(=O)NC(C)c1ccc2c(c1)CCCC2. The molecule has 0 saturated carbocycles. The fourth-order valence-corrected chi connectivity index (χ4v) is 3.66. The van der Waals surface area contributed by atoms with Gasteiger partial charge in [0, 0.05) is 6.07 Å². The van der Waals surface area contributed by atoms with Gasteiger partial charge < -0.3 is 20.5 Å². The van der Waals surface area contributed by atoms with Crippen LogP contribution in [0.5, 0.6) is 5.75 Å². The van der Waals surface area contributed by atoms with Crippen LogP contribution in [0.15, 0.2) is 30.3 Å². The van der Waals surface area contributed by atoms with Crippen molar-refractivity contribution in [3.63, 3.8) is 0 Å². The van der Waals surface area contributed by atoms with Crippen molar-refractivity contribution in [3.05, 3.63) is 57.6 Å². The van der Waals surface area contributed by atoms with Crippen molar-refractivity contribution in [1.82, 2.24) is 5.32 Å². The molecule has 3 rings (SSSR count). The topological polar surface area (TPSA) is 90.7 Å². The number of methoxy groups -OCH3 is 1. The van der Waals surface area contributed by atoms with E-state index in [2.05, 4.69) is 17.4 Å². The first kappa shape index (κ1) is 21.0. The second-order valence-corrected chi connectivity index (χ2v) is 7.58. The summed E-state index contributed by atoms with van der Waals surface area (Å²) < 4.78 is 10.3. The summed E-state index contributed by atoms with van der Waals surface area (Å²) in [5.41, 5.74) is 9.90. The number of aryl methyl sites for hydroxylation is 2. The molecule has 2 aromatic carbocycles. The summed E-state index contributed by atoms with van der Waals surface area (Å²) in [4.78, 5) is 24.6. The zero-order chi connectivity index (χ0) is 21.0. The zero-order valence-electron chi connectivity index (χ0n) is 16.6. The van der Waals surface area contributed by atoms with E-state index in [0.717, 1.165) is 18.4 Å². The fraction of sp³-hybridized carbons (Fsp3) is 0.364. The third kappa shape index (κ3) is 5.01. The molecule has 0 spiro atoms. The maximum absolute atomic E-state index is 12.3. The maximum atomic E-state index is 12.3. The van der Waals surface area contributed by atoms with Crippen LogP contribution < -0.4 is 15.8 Å². The number of amides is 1. The Kier molecular flexibility index (Phi) is 6.64. The van der Waals surface area contributed by atoms with Gasteiger partial charge in [0.1, 0.15) is 11.3 Å². The lowest BCUT2D eigenvalue weighted by molar-refractivity contribution is -0.124. The molecule has 154 valence electrons. The molecule has 0 saturated heterocycles. The third-order valence-electron chi connectivity index (χ3n) is 5.12. The van der Waals surface area contributed by atoms with Crippen LogP contribution in [0.1, 0.15) is 52.9 Å². The minimum Gasteiger partial charge on any atom is -0.496 e. The lowest BCUT2D eigenvalue weighted by atomic mass is 9.89. The highest BCUT2D eigenvalue weighted by molar-refractivity contribution is 6.33. The van der Waals surface area contributed by atoms with E-state index in [1.165, 1.54) is 43.2 Å². The number of esters is 1. The van der Waals surface area contributed by atoms with E-state index < -0.39 is 12.6 Å². The van der Waals surface area contributed by atoms with E-state index in [9.17, 15) is 9.59 Å². The molecule has 1 amide bonds. The number of carbonyl (C=O) groups excluding carboxylic acids is 2. The van der Waals surface area contributed by atoms with Crippen molar-refractivity contribution in [1.29, 1.82) is 0 Å². The summed E-state index contributed by atoms with van der Waals surface area (Å²) >= 11 is 5.97. The van der Waals surface area contributed by atoms with Crippen LogP contribution in [-0.4, -0.2) is 25.6 Å². The Labute approximate surface area is 175 Å². The van der Waals surface area contributed by atoms with E-state index in [4.69, 9.17) is 26.8 Å². The molecule has 0 fully saturated rings. The second kappa shape index (κ2) is 9.18. The average Bonchev–Trinajstić information content (AvgIpc) is 2.73. The van der Waals surface area contributed by atoms with Crippen molar-refractivity contribution in [2.75, 3.05) is 19.5 Å². The van der Waals surface area contributed by atoms with Crippen LogP contribution in [0.4, 0.5) is 5.69 Å². The molecule has 1 aliphatic rings. The number of ether oxygens (including phenoxy) is 2. The monoisotopic (exact) mass is 416 g/mol. The zero-order valence-corrected chi connectivity index (χ0v) is 17.3. The van der Waals surface area contributed by atoms with Gasteiger partial charge in [0.05, 0.1) is 23.9 Å². The van der Waals surface area contributed by atoms with Gasteiger partial charge in [-0.25, -0.2) is 4.79 Å². The lowest BCUT2D eigenvalue weighted by Crippen LogP contribution is -2.31. The van der Waals surface area contributed by atoms with Gasteiger partial charge in [-0.05, 0) is 55.4 Å². The standard InChI is InChI=1S/C22H25ClN2O4/c1-13(15-8-7-14-5-3-4-6-16(14)9-15)25-21(26)12-29-22(27)17-10-18(23)19(24)11-20(17)28-2/h7-11,13H,3-6,12,24H2,1-2H3,(H,25,26). The molecule has 0 aliphatic heterocycles. The predicted molar refractivity (Wildman–Crippen MR) is 112 cm³/mol. The summed E-state index contributed by atoms with van der Waals surface area (Å²) in [5.74, 6) is -0.857. The van der Waals surface area contributed by atoms with E-state index in [1.54, 1.807) is 0 Å². The van der Waals surface area contributed by atoms with Crippen LogP contribution in [0.25, 0.3) is 0 Å². The van der Waals surface area contributed by atoms with Crippen LogP contribution in [0, 0.1) is 0 Å². The van der Waals surface area contributed by atoms with Gasteiger partial charge in [0.15, 0.2) is 6.61 Å². The van der Waals surface area contributed by atoms with Gasteiger partial charge >= 0.3 is 5.97 Å². The lowest BCUT2D eigenvalue weighted by Gasteiger charge is -2.20. The molecule has 3 N–H and O–H groups in total. The van der Waals surface area contributed by atoms with E-state index in [0.29, 0.717) is 0 Å². The van der Waals surface area contributed by atoms with Crippen LogP contribution in [0.2, 0.25) is 5.02 Å². The van der Waals surface area contributed by atoms with Gasteiger partial charge in [0.2, 0.25) is 0 Å². The van der Waals surface area contributed by atoms with Gasteiger partial charge in [0.25, 0.3) is 5.91 Å². The van der Waals surface area contributed by atoms with Crippen molar-refractivity contribution in [3.8, 4) is 5.75 Å². The number of halogens is 1. The molecule has 1 aliphatic carbocycles. The molecule has 1 unspecified atom stereocenters. The molecular formula is C22H25ClN2O4. The Morgan fingerprint density at radius 3 is 2.62 bits per heavy atom. The highest BCUT2D eigenvalue weighted by Crippen LogP contribution is 2.29. The Morgan fingerprint density at radius 1 is 1.17 bits per heavy atom. The number of nitrogen functional groups attached to an aromatic ring is 1. The van der Waals surface area contributed by atoms with E-state index >= 15 is 0 Å². The quantitative estimate of drug-likeness (QED) is 0.551. The Balaban J connectivity index is 1.58. The van der Waals surface area contributed by atoms with Crippen LogP contribution >= 0.6 is 11.6 Å². The van der Waals surface area contributed by atoms with Gasteiger partial charge in [-0.2, -0.15) is 0 Å². The van der Waals surface area contributed by atoms with Crippen LogP contribution in [-0.2, 0) is 22.4 Å². The molecule has 6 nitrogen and oxygen atoms in total. The van der Waals surface area contributed by atoms with Crippen LogP contribution in [0.3, 0.4) is 0 Å². The Hall–Kier alpha value is -2.73. The largest absolute Gasteiger partial charge is 0.496 e. The molecule has 0 radical (unpaired) electrons. The third-order valence-corrected chi connectivity index (χ3v) is 5.45. The smallest absolute Gasteiger partial charge is 0.342 e. The number of hydrogen-bond donors (Lipinski definition) is 2. The highest BCUT2D eigenvalue weighted by atomic mass is 35.5. The summed E-state index contributed by atoms with van der Waals surface area (Å²) in [6.07, 6.45) is 4.62. The van der Waals surface area contributed by atoms with Crippen molar-refractivity contribution >= 4 is 29.2 Å². The summed E-state index contributed by atoms with van der Waals surface area (Å²) in [7, 11) is 1.41. The minimum absolute atomic E-state index is 0.113. The molecule has 29 heavy (non-hydrogen) atoms. The predicted octanol–water partition coefficient (Wildman–Crippen LogP) is 3.84. The number of nitrogens with two attached hydrogens (primary N) is 1. The molecule has 0 heterocycles. The summed E-state index contributed by atoms with van der Waals surface area (Å²) in [6, 6.07) is 8.97. The van der Waals surface area contributed by atoms with Crippen molar-refractivity contribution in [2.24, 2.45) is 0 Å². The molecule has 0 aromatic heterocycles. The van der Waals surface area contributed by atoms with E-state index in [1.807, 2.05) is 13.0 Å². The number of anilines is 1. The first-order chi connectivity index (χ1) is 13.9. The minimum atomic E-state index is -0.708. The number of rotatable bonds is 6. The molecule has 7 heteroatoms. The maximum Gasteiger partial charge on any atom is 0.342 e. The fourth-order valence-electron chi connectivity index (χ4n) is 3.50. The number of fused-ring (bicyclic) bond motifs is 1. The Morgan fingerprint density at radius 2 is 1.90 bits per heavy atom. The molecular weight excluding hydrogens is 392 g/mol. The Bertz CT molecular complexity index is 929. The summed E-state index contributed by atoms with van der Waals surface area (Å²) in [6.45, 7) is 1.51. The number of nitrogens with one attached hydrogen (secondary N) is 1. The molecule has 2 aromatic rings. The number of hydrogen-bond acceptors (Lipinski definition) is 5. The number of benzene rings is 2. The van der Waals surface area contributed by atoms with Gasteiger partial charge in [-0.1, -0.05) is 29.8 Å². The van der Waals surface area contributed by atoms with Crippen molar-refractivity contribution < 1.29 is 19.1 Å². The highest BCUT2D eigenvalue weighted by Gasteiger charge is 2.19. The molecule has 0 bridgehead atoms. The van der Waals surface area contributed by atoms with E-state index in [-0.39, 0.29) is 34.0 Å². The second-order valence-electron chi connectivity index (χ2n) is 7.17. The molecule has 1 atom stereocenters. The number of carbonyl (C=O) groups is 2. The average molecular weight is 417 g/mol. The first-order valence-electron chi connectivity index (χ1n) is 9.60.